The van der Waals surface area contributed by atoms with Crippen molar-refractivity contribution >= 4 is 20.2 Å². The molecule has 0 aliphatic rings. The van der Waals surface area contributed by atoms with Gasteiger partial charge in [-0.3, -0.25) is 4.79 Å². The van der Waals surface area contributed by atoms with Crippen molar-refractivity contribution in [3.8, 4) is 5.75 Å². The summed E-state index contributed by atoms with van der Waals surface area (Å²) in [5.74, 6) is 0.929. The zero-order chi connectivity index (χ0) is 22.5. The first-order valence-electron chi connectivity index (χ1n) is 10.7. The number of hydrogen-bond donors (Lipinski definition) is 0. The van der Waals surface area contributed by atoms with Crippen LogP contribution >= 0.6 is 8.58 Å². The van der Waals surface area contributed by atoms with Crippen LogP contribution in [-0.2, 0) is 15.3 Å². The SMILES string of the molecule is CCCC(C)(Pc1ccc(C)cc1C=O)c1cc(C)cc(C(C)(C)C)c1OCOC. The summed E-state index contributed by atoms with van der Waals surface area (Å²) in [7, 11) is 2.11. The van der Waals surface area contributed by atoms with Gasteiger partial charge in [-0.2, -0.15) is 0 Å². The molecule has 0 radical (unpaired) electrons. The molecule has 0 N–H and O–H groups in total. The highest BCUT2D eigenvalue weighted by molar-refractivity contribution is 7.48. The number of aldehydes is 1. The normalized spacial score (nSPS) is 14.1. The zero-order valence-corrected chi connectivity index (χ0v) is 20.8. The molecule has 0 fully saturated rings. The lowest BCUT2D eigenvalue weighted by Crippen LogP contribution is -2.25. The summed E-state index contributed by atoms with van der Waals surface area (Å²) in [6.45, 7) is 15.6. The minimum Gasteiger partial charge on any atom is -0.467 e. The predicted octanol–water partition coefficient (Wildman–Crippen LogP) is 6.42. The quantitative estimate of drug-likeness (QED) is 0.263. The molecule has 0 aliphatic carbocycles. The molecule has 4 heteroatoms. The van der Waals surface area contributed by atoms with Gasteiger partial charge >= 0.3 is 0 Å². The molecule has 0 aliphatic heterocycles. The van der Waals surface area contributed by atoms with Crippen LogP contribution in [0.25, 0.3) is 0 Å². The topological polar surface area (TPSA) is 35.5 Å². The molecular formula is C26H37O3P. The van der Waals surface area contributed by atoms with Crippen LogP contribution in [0.5, 0.6) is 5.75 Å². The van der Waals surface area contributed by atoms with Gasteiger partial charge in [0.2, 0.25) is 0 Å². The lowest BCUT2D eigenvalue weighted by molar-refractivity contribution is 0.0486. The summed E-state index contributed by atoms with van der Waals surface area (Å²) in [6, 6.07) is 10.7. The van der Waals surface area contributed by atoms with Crippen molar-refractivity contribution in [1.82, 2.24) is 0 Å². The van der Waals surface area contributed by atoms with Gasteiger partial charge in [0.1, 0.15) is 5.75 Å². The fourth-order valence-electron chi connectivity index (χ4n) is 3.97. The Morgan fingerprint density at radius 3 is 2.23 bits per heavy atom. The van der Waals surface area contributed by atoms with Crippen molar-refractivity contribution in [2.45, 2.75) is 71.9 Å². The van der Waals surface area contributed by atoms with Crippen LogP contribution in [0.3, 0.4) is 0 Å². The van der Waals surface area contributed by atoms with Gasteiger partial charge in [-0.05, 0) is 37.1 Å². The summed E-state index contributed by atoms with van der Waals surface area (Å²) < 4.78 is 11.5. The third kappa shape index (κ3) is 5.71. The second-order valence-corrected chi connectivity index (χ2v) is 11.3. The number of ether oxygens (including phenoxy) is 2. The number of aryl methyl sites for hydroxylation is 2. The number of benzene rings is 2. The van der Waals surface area contributed by atoms with Gasteiger partial charge in [0.05, 0.1) is 0 Å². The Balaban J connectivity index is 2.71. The van der Waals surface area contributed by atoms with Gasteiger partial charge in [-0.25, -0.2) is 0 Å². The average Bonchev–Trinajstić information content (AvgIpc) is 2.67. The van der Waals surface area contributed by atoms with Gasteiger partial charge in [-0.15, -0.1) is 0 Å². The van der Waals surface area contributed by atoms with E-state index in [1.165, 1.54) is 16.7 Å². The van der Waals surface area contributed by atoms with Crippen LogP contribution in [0.15, 0.2) is 30.3 Å². The molecule has 0 heterocycles. The molecule has 164 valence electrons. The summed E-state index contributed by atoms with van der Waals surface area (Å²) in [4.78, 5) is 11.8. The Labute approximate surface area is 184 Å². The molecule has 2 atom stereocenters. The molecule has 2 unspecified atom stereocenters. The van der Waals surface area contributed by atoms with E-state index in [1.807, 2.05) is 13.0 Å². The molecule has 2 aromatic carbocycles. The van der Waals surface area contributed by atoms with Crippen LogP contribution in [-0.4, -0.2) is 20.2 Å². The number of carbonyl (C=O) groups is 1. The molecule has 0 saturated carbocycles. The Kier molecular flexibility index (Phi) is 8.25. The number of methoxy groups -OCH3 is 1. The summed E-state index contributed by atoms with van der Waals surface area (Å²) in [5.41, 5.74) is 5.48. The van der Waals surface area contributed by atoms with E-state index in [0.717, 1.165) is 41.3 Å². The van der Waals surface area contributed by atoms with Gasteiger partial charge in [0.15, 0.2) is 13.1 Å². The van der Waals surface area contributed by atoms with Crippen LogP contribution in [0, 0.1) is 13.8 Å². The van der Waals surface area contributed by atoms with Gasteiger partial charge in [0, 0.05) is 29.0 Å². The highest BCUT2D eigenvalue weighted by atomic mass is 31.1. The maximum atomic E-state index is 11.8. The van der Waals surface area contributed by atoms with Crippen LogP contribution in [0.4, 0.5) is 0 Å². The maximum absolute atomic E-state index is 11.8. The Bertz CT molecular complexity index is 883. The fraction of sp³-hybridized carbons (Fsp3) is 0.500. The molecule has 0 bridgehead atoms. The number of carbonyl (C=O) groups excluding carboxylic acids is 1. The molecular weight excluding hydrogens is 391 g/mol. The average molecular weight is 429 g/mol. The van der Waals surface area contributed by atoms with Crippen LogP contribution in [0.2, 0.25) is 0 Å². The molecule has 0 saturated heterocycles. The van der Waals surface area contributed by atoms with E-state index in [2.05, 4.69) is 65.8 Å². The largest absolute Gasteiger partial charge is 0.467 e. The molecule has 30 heavy (non-hydrogen) atoms. The summed E-state index contributed by atoms with van der Waals surface area (Å²) >= 11 is 0. The van der Waals surface area contributed by atoms with Gasteiger partial charge in [0.25, 0.3) is 0 Å². The second-order valence-electron chi connectivity index (χ2n) is 9.41. The van der Waals surface area contributed by atoms with E-state index in [9.17, 15) is 4.79 Å². The molecule has 0 spiro atoms. The molecule has 3 nitrogen and oxygen atoms in total. The number of hydrogen-bond acceptors (Lipinski definition) is 3. The van der Waals surface area contributed by atoms with E-state index in [0.29, 0.717) is 8.58 Å². The van der Waals surface area contributed by atoms with E-state index < -0.39 is 0 Å². The van der Waals surface area contributed by atoms with Crippen LogP contribution < -0.4 is 10.0 Å². The van der Waals surface area contributed by atoms with Crippen molar-refractivity contribution in [2.24, 2.45) is 0 Å². The van der Waals surface area contributed by atoms with Crippen molar-refractivity contribution in [1.29, 1.82) is 0 Å². The maximum Gasteiger partial charge on any atom is 0.188 e. The predicted molar refractivity (Wildman–Crippen MR) is 129 cm³/mol. The third-order valence-corrected chi connectivity index (χ3v) is 7.25. The van der Waals surface area contributed by atoms with Gasteiger partial charge < -0.3 is 9.47 Å². The summed E-state index contributed by atoms with van der Waals surface area (Å²) in [5, 5.41) is 0.972. The standard InChI is InChI=1S/C26H37O3P/c1-9-12-26(7,30-23-11-10-18(2)13-20(23)16-27)22-15-19(3)14-21(25(4,5)6)24(22)29-17-28-8/h10-11,13-16,30H,9,12,17H2,1-8H3. The lowest BCUT2D eigenvalue weighted by atomic mass is 9.81. The first-order chi connectivity index (χ1) is 14.1. The monoisotopic (exact) mass is 428 g/mol. The molecule has 2 rings (SSSR count). The Morgan fingerprint density at radius 1 is 1.00 bits per heavy atom. The molecule has 2 aromatic rings. The van der Waals surface area contributed by atoms with Crippen molar-refractivity contribution < 1.29 is 14.3 Å². The first kappa shape index (κ1) is 24.6. The molecule has 0 aromatic heterocycles. The highest BCUT2D eigenvalue weighted by Gasteiger charge is 2.34. The van der Waals surface area contributed by atoms with Crippen molar-refractivity contribution in [2.75, 3.05) is 13.9 Å². The van der Waals surface area contributed by atoms with Crippen LogP contribution in [0.1, 0.15) is 80.1 Å². The zero-order valence-electron chi connectivity index (χ0n) is 19.8. The van der Waals surface area contributed by atoms with E-state index >= 15 is 0 Å². The minimum absolute atomic E-state index is 0.0576. The Morgan fingerprint density at radius 2 is 1.67 bits per heavy atom. The Hall–Kier alpha value is -1.70. The first-order valence-corrected chi connectivity index (χ1v) is 11.7. The van der Waals surface area contributed by atoms with E-state index in [-0.39, 0.29) is 17.4 Å². The highest BCUT2D eigenvalue weighted by Crippen LogP contribution is 2.51. The van der Waals surface area contributed by atoms with Crippen molar-refractivity contribution in [3.63, 3.8) is 0 Å². The van der Waals surface area contributed by atoms with Gasteiger partial charge in [-0.1, -0.05) is 85.0 Å². The summed E-state index contributed by atoms with van der Waals surface area (Å²) in [6.07, 6.45) is 3.04. The van der Waals surface area contributed by atoms with Crippen molar-refractivity contribution in [3.05, 3.63) is 58.1 Å². The molecule has 0 amide bonds. The number of rotatable bonds is 9. The third-order valence-electron chi connectivity index (χ3n) is 5.45. The lowest BCUT2D eigenvalue weighted by Gasteiger charge is -2.35. The van der Waals surface area contributed by atoms with E-state index in [1.54, 1.807) is 7.11 Å². The second kappa shape index (κ2) is 10.1. The minimum atomic E-state index is -0.142. The van der Waals surface area contributed by atoms with E-state index in [4.69, 9.17) is 9.47 Å². The smallest absolute Gasteiger partial charge is 0.188 e. The fourth-order valence-corrected chi connectivity index (χ4v) is 5.70.